The maximum Gasteiger partial charge on any atom is 0.472 e. The smallest absolute Gasteiger partial charge is 0.472 e. The molecule has 2 heterocycles. The highest BCUT2D eigenvalue weighted by atomic mass is 31.2. The first-order chi connectivity index (χ1) is 10.3. The number of hydrogen-bond donors (Lipinski definition) is 3. The summed E-state index contributed by atoms with van der Waals surface area (Å²) in [6, 6.07) is 0.978. The largest absolute Gasteiger partial charge is 0.858 e. The van der Waals surface area contributed by atoms with Crippen LogP contribution in [0.15, 0.2) is 17.1 Å². The summed E-state index contributed by atoms with van der Waals surface area (Å²) in [5, 5.41) is 30.3. The van der Waals surface area contributed by atoms with Crippen molar-refractivity contribution < 1.29 is 38.6 Å². The zero-order chi connectivity index (χ0) is 16.5. The zero-order valence-corrected chi connectivity index (χ0v) is 12.2. The maximum atomic E-state index is 11.6. The second kappa shape index (κ2) is 6.42. The van der Waals surface area contributed by atoms with Gasteiger partial charge in [0.15, 0.2) is 6.23 Å². The highest BCUT2D eigenvalue weighted by Crippen LogP contribution is 2.47. The van der Waals surface area contributed by atoms with Crippen molar-refractivity contribution in [3.8, 4) is 5.88 Å². The monoisotopic (exact) mass is 337 g/mol. The Kier molecular flexibility index (Phi) is 4.97. The average molecular weight is 337 g/mol. The van der Waals surface area contributed by atoms with Crippen LogP contribution in [0.4, 0.5) is 0 Å². The molecule has 22 heavy (non-hydrogen) atoms. The first-order valence-corrected chi connectivity index (χ1v) is 7.56. The molecule has 1 aliphatic rings. The predicted octanol–water partition coefficient (Wildman–Crippen LogP) is -2.30. The van der Waals surface area contributed by atoms with Gasteiger partial charge in [-0.2, -0.15) is 0 Å². The minimum absolute atomic E-state index is 0.649. The van der Waals surface area contributed by atoms with Crippen molar-refractivity contribution >= 4 is 7.82 Å². The lowest BCUT2D eigenvalue weighted by Crippen LogP contribution is -2.37. The number of nitrogens with zero attached hydrogens (tertiary/aromatic N) is 2. The van der Waals surface area contributed by atoms with Crippen molar-refractivity contribution in [2.75, 3.05) is 13.7 Å². The lowest BCUT2D eigenvalue weighted by atomic mass is 10.1. The van der Waals surface area contributed by atoms with E-state index in [1.165, 1.54) is 0 Å². The van der Waals surface area contributed by atoms with E-state index in [0.29, 0.717) is 0 Å². The van der Waals surface area contributed by atoms with Crippen LogP contribution < -0.4 is 10.8 Å². The molecule has 1 aromatic rings. The number of aromatic nitrogens is 2. The molecule has 11 nitrogen and oxygen atoms in total. The molecule has 1 aromatic heterocycles. The molecular weight excluding hydrogens is 323 g/mol. The van der Waals surface area contributed by atoms with Gasteiger partial charge in [-0.3, -0.25) is 13.6 Å². The Morgan fingerprint density at radius 2 is 2.27 bits per heavy atom. The lowest BCUT2D eigenvalue weighted by molar-refractivity contribution is -0.275. The molecule has 1 unspecified atom stereocenters. The summed E-state index contributed by atoms with van der Waals surface area (Å²) >= 11 is 0. The fourth-order valence-electron chi connectivity index (χ4n) is 2.01. The molecule has 1 saturated heterocycles. The Morgan fingerprint density at radius 1 is 1.59 bits per heavy atom. The Balaban J connectivity index is 2.29. The van der Waals surface area contributed by atoms with E-state index < -0.39 is 50.5 Å². The van der Waals surface area contributed by atoms with E-state index in [1.54, 1.807) is 0 Å². The Hall–Kier alpha value is -1.33. The summed E-state index contributed by atoms with van der Waals surface area (Å²) in [4.78, 5) is 24.1. The van der Waals surface area contributed by atoms with E-state index in [4.69, 9.17) is 9.26 Å². The van der Waals surface area contributed by atoms with Crippen molar-refractivity contribution in [3.05, 3.63) is 22.7 Å². The van der Waals surface area contributed by atoms with Crippen LogP contribution in [0.2, 0.25) is 0 Å². The van der Waals surface area contributed by atoms with Gasteiger partial charge in [0.25, 0.3) is 0 Å². The number of aliphatic hydroxyl groups excluding tert-OH is 2. The Labute approximate surface area is 123 Å². The van der Waals surface area contributed by atoms with Gasteiger partial charge >= 0.3 is 13.5 Å². The van der Waals surface area contributed by atoms with E-state index in [2.05, 4.69) is 9.51 Å². The minimum atomic E-state index is -4.45. The van der Waals surface area contributed by atoms with Gasteiger partial charge in [0.05, 0.1) is 6.61 Å². The van der Waals surface area contributed by atoms with Crippen molar-refractivity contribution in [1.29, 1.82) is 0 Å². The molecule has 0 spiro atoms. The third-order valence-corrected chi connectivity index (χ3v) is 4.02. The predicted molar refractivity (Wildman–Crippen MR) is 66.7 cm³/mol. The first-order valence-electron chi connectivity index (χ1n) is 6.06. The summed E-state index contributed by atoms with van der Waals surface area (Å²) in [5.41, 5.74) is -0.979. The van der Waals surface area contributed by atoms with Crippen LogP contribution in [0.3, 0.4) is 0 Å². The first kappa shape index (κ1) is 17.0. The van der Waals surface area contributed by atoms with Crippen LogP contribution >= 0.6 is 7.82 Å². The van der Waals surface area contributed by atoms with Gasteiger partial charge in [-0.25, -0.2) is 14.3 Å². The summed E-state index contributed by atoms with van der Waals surface area (Å²) in [5.74, 6) is -0.764. The molecule has 1 fully saturated rings. The number of hydrogen-bond acceptors (Lipinski definition) is 9. The lowest BCUT2D eigenvalue weighted by Gasteiger charge is -2.21. The average Bonchev–Trinajstić information content (AvgIpc) is 2.76. The van der Waals surface area contributed by atoms with Crippen molar-refractivity contribution in [3.63, 3.8) is 0 Å². The van der Waals surface area contributed by atoms with Crippen molar-refractivity contribution in [1.82, 2.24) is 9.55 Å². The highest BCUT2D eigenvalue weighted by molar-refractivity contribution is 7.47. The summed E-state index contributed by atoms with van der Waals surface area (Å²) in [7, 11) is -3.53. The van der Waals surface area contributed by atoms with E-state index in [1.807, 2.05) is 0 Å². The van der Waals surface area contributed by atoms with E-state index in [9.17, 15) is 29.6 Å². The van der Waals surface area contributed by atoms with Gasteiger partial charge in [0, 0.05) is 13.3 Å². The molecule has 0 radical (unpaired) electrons. The van der Waals surface area contributed by atoms with Crippen molar-refractivity contribution in [2.45, 2.75) is 24.5 Å². The zero-order valence-electron chi connectivity index (χ0n) is 11.3. The topological polar surface area (TPSA) is 163 Å². The number of rotatable bonds is 5. The molecule has 3 N–H and O–H groups in total. The van der Waals surface area contributed by atoms with Crippen LogP contribution in [0.1, 0.15) is 6.23 Å². The highest BCUT2D eigenvalue weighted by Gasteiger charge is 2.48. The standard InChI is InChI=1S/C10H15N2O9P/c1-19-22(17,18)21-8-5(4-13)20-9(7(8)15)12-3-2-6(14)11-10(12)16/h2-3,5,7-9,13,15H,4H2,1H3,(H,17,18)(H,11,14,16)/p-1/t5-,7-,8-,9-/m1/s1. The maximum absolute atomic E-state index is 11.6. The number of phosphoric ester groups is 1. The third-order valence-electron chi connectivity index (χ3n) is 3.05. The second-order valence-electron chi connectivity index (χ2n) is 4.42. The third kappa shape index (κ3) is 3.36. The van der Waals surface area contributed by atoms with E-state index >= 15 is 0 Å². The van der Waals surface area contributed by atoms with Crippen LogP contribution in [0.25, 0.3) is 0 Å². The fraction of sp³-hybridized carbons (Fsp3) is 0.600. The number of ether oxygens (including phenoxy) is 1. The van der Waals surface area contributed by atoms with Crippen molar-refractivity contribution in [2.24, 2.45) is 0 Å². The Bertz CT molecular complexity index is 635. The fourth-order valence-corrected chi connectivity index (χ4v) is 2.67. The summed E-state index contributed by atoms with van der Waals surface area (Å²) in [6.07, 6.45) is -4.49. The summed E-state index contributed by atoms with van der Waals surface area (Å²) in [6.45, 7) is -0.649. The quantitative estimate of drug-likeness (QED) is 0.498. The van der Waals surface area contributed by atoms with Crippen LogP contribution in [-0.2, 0) is 18.3 Å². The van der Waals surface area contributed by atoms with Gasteiger partial charge in [0.1, 0.15) is 18.3 Å². The van der Waals surface area contributed by atoms with Crippen LogP contribution in [-0.4, -0.2) is 56.7 Å². The Morgan fingerprint density at radius 3 is 2.82 bits per heavy atom. The molecule has 0 bridgehead atoms. The molecule has 0 aliphatic carbocycles. The van der Waals surface area contributed by atoms with E-state index in [-0.39, 0.29) is 0 Å². The van der Waals surface area contributed by atoms with Gasteiger partial charge in [-0.1, -0.05) is 0 Å². The molecule has 0 aromatic carbocycles. The molecule has 124 valence electrons. The molecule has 12 heteroatoms. The van der Waals surface area contributed by atoms with Gasteiger partial charge in [-0.15, -0.1) is 0 Å². The second-order valence-corrected chi connectivity index (χ2v) is 5.93. The van der Waals surface area contributed by atoms with Gasteiger partial charge in [0.2, 0.25) is 0 Å². The molecular formula is C10H14N2O9P-. The van der Waals surface area contributed by atoms with Gasteiger partial charge < -0.3 is 24.9 Å². The molecule has 0 amide bonds. The van der Waals surface area contributed by atoms with E-state index in [0.717, 1.165) is 23.9 Å². The van der Waals surface area contributed by atoms with Crippen LogP contribution in [0, 0.1) is 0 Å². The summed E-state index contributed by atoms with van der Waals surface area (Å²) < 4.78 is 26.5. The number of phosphoric acid groups is 1. The van der Waals surface area contributed by atoms with Crippen LogP contribution in [0.5, 0.6) is 5.88 Å². The normalized spacial score (nSPS) is 31.1. The molecule has 5 atom stereocenters. The minimum Gasteiger partial charge on any atom is -0.858 e. The molecule has 1 aliphatic heterocycles. The van der Waals surface area contributed by atoms with Gasteiger partial charge in [-0.05, 0) is 11.9 Å². The molecule has 0 saturated carbocycles. The SMILES string of the molecule is COP(=O)(O)O[C@H]1[C@@H](O)[C@H](n2ccc([O-])nc2=O)O[C@@H]1CO. The number of aliphatic hydroxyl groups is 2. The molecule has 2 rings (SSSR count).